The maximum absolute atomic E-state index is 12.4. The number of carbonyl (C=O) groups excluding carboxylic acids is 2. The maximum atomic E-state index is 12.4. The summed E-state index contributed by atoms with van der Waals surface area (Å²) in [6, 6.07) is 11.6. The molecule has 1 aromatic heterocycles. The molecule has 0 saturated heterocycles. The standard InChI is InChI=1S/C21H25N3O2/c1-2-23(15-17-10-12-22-13-11-17)20(25)9-5-6-14-24-16-18-7-3-4-8-19(18)21(24)26/h3-4,7-8,10-13H,2,5-6,9,14-16H2,1H3. The van der Waals surface area contributed by atoms with Gasteiger partial charge in [0, 0.05) is 50.6 Å². The van der Waals surface area contributed by atoms with Crippen molar-refractivity contribution in [3.8, 4) is 0 Å². The Morgan fingerprint density at radius 1 is 1.15 bits per heavy atom. The normalized spacial score (nSPS) is 13.0. The molecule has 0 N–H and O–H groups in total. The highest BCUT2D eigenvalue weighted by Crippen LogP contribution is 2.22. The lowest BCUT2D eigenvalue weighted by Gasteiger charge is -2.21. The fraction of sp³-hybridized carbons (Fsp3) is 0.381. The van der Waals surface area contributed by atoms with Crippen molar-refractivity contribution in [2.24, 2.45) is 0 Å². The minimum atomic E-state index is 0.111. The van der Waals surface area contributed by atoms with Crippen LogP contribution in [0, 0.1) is 0 Å². The van der Waals surface area contributed by atoms with E-state index >= 15 is 0 Å². The smallest absolute Gasteiger partial charge is 0.254 e. The Labute approximate surface area is 154 Å². The molecule has 0 unspecified atom stereocenters. The fourth-order valence-electron chi connectivity index (χ4n) is 3.32. The van der Waals surface area contributed by atoms with Crippen LogP contribution in [0.15, 0.2) is 48.8 Å². The lowest BCUT2D eigenvalue weighted by atomic mass is 10.1. The lowest BCUT2D eigenvalue weighted by molar-refractivity contribution is -0.131. The molecule has 0 bridgehead atoms. The average Bonchev–Trinajstić information content (AvgIpc) is 3.00. The number of aromatic nitrogens is 1. The van der Waals surface area contributed by atoms with Crippen molar-refractivity contribution in [1.82, 2.24) is 14.8 Å². The predicted octanol–water partition coefficient (Wildman–Crippen LogP) is 3.26. The molecule has 2 aromatic rings. The zero-order valence-corrected chi connectivity index (χ0v) is 15.2. The van der Waals surface area contributed by atoms with Gasteiger partial charge in [0.1, 0.15) is 0 Å². The zero-order valence-electron chi connectivity index (χ0n) is 15.2. The first kappa shape index (κ1) is 18.1. The van der Waals surface area contributed by atoms with Crippen molar-refractivity contribution in [1.29, 1.82) is 0 Å². The third-order valence-electron chi connectivity index (χ3n) is 4.82. The molecule has 0 aliphatic carbocycles. The number of amides is 2. The molecular weight excluding hydrogens is 326 g/mol. The van der Waals surface area contributed by atoms with E-state index in [1.807, 2.05) is 53.1 Å². The topological polar surface area (TPSA) is 53.5 Å². The van der Waals surface area contributed by atoms with Crippen molar-refractivity contribution in [3.63, 3.8) is 0 Å². The first-order valence-corrected chi connectivity index (χ1v) is 9.23. The molecule has 26 heavy (non-hydrogen) atoms. The summed E-state index contributed by atoms with van der Waals surface area (Å²) >= 11 is 0. The minimum absolute atomic E-state index is 0.111. The maximum Gasteiger partial charge on any atom is 0.254 e. The van der Waals surface area contributed by atoms with Gasteiger partial charge in [0.05, 0.1) is 0 Å². The van der Waals surface area contributed by atoms with Crippen LogP contribution < -0.4 is 0 Å². The van der Waals surface area contributed by atoms with Gasteiger partial charge in [-0.1, -0.05) is 18.2 Å². The van der Waals surface area contributed by atoms with Crippen LogP contribution >= 0.6 is 0 Å². The van der Waals surface area contributed by atoms with Crippen molar-refractivity contribution >= 4 is 11.8 Å². The van der Waals surface area contributed by atoms with Crippen molar-refractivity contribution in [3.05, 3.63) is 65.5 Å². The minimum Gasteiger partial charge on any atom is -0.339 e. The van der Waals surface area contributed by atoms with E-state index < -0.39 is 0 Å². The Morgan fingerprint density at radius 3 is 2.65 bits per heavy atom. The molecule has 1 aliphatic rings. The van der Waals surface area contributed by atoms with Gasteiger partial charge in [0.2, 0.25) is 5.91 Å². The van der Waals surface area contributed by atoms with Gasteiger partial charge in [-0.3, -0.25) is 14.6 Å². The summed E-state index contributed by atoms with van der Waals surface area (Å²) in [7, 11) is 0. The monoisotopic (exact) mass is 351 g/mol. The Bertz CT molecular complexity index is 761. The summed E-state index contributed by atoms with van der Waals surface area (Å²) in [4.78, 5) is 32.5. The molecule has 0 radical (unpaired) electrons. The third-order valence-corrected chi connectivity index (χ3v) is 4.82. The predicted molar refractivity (Wildman–Crippen MR) is 100 cm³/mol. The molecule has 0 saturated carbocycles. The van der Waals surface area contributed by atoms with Crippen LogP contribution in [0.2, 0.25) is 0 Å². The highest BCUT2D eigenvalue weighted by atomic mass is 16.2. The highest BCUT2D eigenvalue weighted by molar-refractivity contribution is 5.98. The number of unbranched alkanes of at least 4 members (excludes halogenated alkanes) is 1. The van der Waals surface area contributed by atoms with Crippen LogP contribution in [0.1, 0.15) is 47.7 Å². The van der Waals surface area contributed by atoms with Gasteiger partial charge in [-0.2, -0.15) is 0 Å². The van der Waals surface area contributed by atoms with Crippen LogP contribution in [-0.2, 0) is 17.9 Å². The van der Waals surface area contributed by atoms with E-state index in [-0.39, 0.29) is 11.8 Å². The van der Waals surface area contributed by atoms with Crippen LogP contribution in [0.25, 0.3) is 0 Å². The second-order valence-corrected chi connectivity index (χ2v) is 6.60. The molecule has 5 nitrogen and oxygen atoms in total. The number of nitrogens with zero attached hydrogens (tertiary/aromatic N) is 3. The van der Waals surface area contributed by atoms with Crippen LogP contribution in [0.5, 0.6) is 0 Å². The first-order valence-electron chi connectivity index (χ1n) is 9.23. The second kappa shape index (κ2) is 8.61. The van der Waals surface area contributed by atoms with E-state index in [1.165, 1.54) is 0 Å². The molecule has 2 heterocycles. The fourth-order valence-corrected chi connectivity index (χ4v) is 3.32. The second-order valence-electron chi connectivity index (χ2n) is 6.60. The summed E-state index contributed by atoms with van der Waals surface area (Å²) < 4.78 is 0. The van der Waals surface area contributed by atoms with Gasteiger partial charge in [-0.05, 0) is 49.1 Å². The van der Waals surface area contributed by atoms with Gasteiger partial charge < -0.3 is 9.80 Å². The van der Waals surface area contributed by atoms with Crippen molar-refractivity contribution < 1.29 is 9.59 Å². The number of pyridine rings is 1. The number of hydrogen-bond donors (Lipinski definition) is 0. The molecular formula is C21H25N3O2. The van der Waals surface area contributed by atoms with E-state index in [0.29, 0.717) is 32.6 Å². The van der Waals surface area contributed by atoms with Gasteiger partial charge >= 0.3 is 0 Å². The summed E-state index contributed by atoms with van der Waals surface area (Å²) in [5, 5.41) is 0. The van der Waals surface area contributed by atoms with E-state index in [0.717, 1.165) is 29.5 Å². The number of rotatable bonds is 8. The third kappa shape index (κ3) is 4.28. The molecule has 0 atom stereocenters. The highest BCUT2D eigenvalue weighted by Gasteiger charge is 2.26. The Balaban J connectivity index is 1.42. The summed E-state index contributed by atoms with van der Waals surface area (Å²) in [5.41, 5.74) is 3.01. The Hall–Kier alpha value is -2.69. The summed E-state index contributed by atoms with van der Waals surface area (Å²) in [6.07, 6.45) is 5.66. The molecule has 1 aromatic carbocycles. The summed E-state index contributed by atoms with van der Waals surface area (Å²) in [6.45, 7) is 4.71. The van der Waals surface area contributed by atoms with Crippen molar-refractivity contribution in [2.45, 2.75) is 39.3 Å². The van der Waals surface area contributed by atoms with E-state index in [2.05, 4.69) is 4.98 Å². The van der Waals surface area contributed by atoms with Crippen molar-refractivity contribution in [2.75, 3.05) is 13.1 Å². The van der Waals surface area contributed by atoms with E-state index in [4.69, 9.17) is 0 Å². The van der Waals surface area contributed by atoms with Gasteiger partial charge in [-0.15, -0.1) is 0 Å². The zero-order chi connectivity index (χ0) is 18.4. The summed E-state index contributed by atoms with van der Waals surface area (Å²) in [5.74, 6) is 0.278. The average molecular weight is 351 g/mol. The SMILES string of the molecule is CCN(Cc1ccncc1)C(=O)CCCCN1Cc2ccccc2C1=O. The van der Waals surface area contributed by atoms with Crippen LogP contribution in [0.3, 0.4) is 0 Å². The van der Waals surface area contributed by atoms with Gasteiger partial charge in [0.15, 0.2) is 0 Å². The quantitative estimate of drug-likeness (QED) is 0.686. The van der Waals surface area contributed by atoms with Crippen LogP contribution in [0.4, 0.5) is 0 Å². The lowest BCUT2D eigenvalue weighted by Crippen LogP contribution is -2.30. The number of benzene rings is 1. The molecule has 5 heteroatoms. The Morgan fingerprint density at radius 2 is 1.92 bits per heavy atom. The number of carbonyl (C=O) groups is 2. The molecule has 3 rings (SSSR count). The molecule has 136 valence electrons. The molecule has 0 spiro atoms. The molecule has 2 amide bonds. The Kier molecular flexibility index (Phi) is 6.00. The molecule has 1 aliphatic heterocycles. The number of hydrogen-bond acceptors (Lipinski definition) is 3. The molecule has 0 fully saturated rings. The van der Waals surface area contributed by atoms with Gasteiger partial charge in [0.25, 0.3) is 5.91 Å². The van der Waals surface area contributed by atoms with E-state index in [9.17, 15) is 9.59 Å². The van der Waals surface area contributed by atoms with Gasteiger partial charge in [-0.25, -0.2) is 0 Å². The first-order chi connectivity index (χ1) is 12.7. The van der Waals surface area contributed by atoms with E-state index in [1.54, 1.807) is 12.4 Å². The van der Waals surface area contributed by atoms with Crippen LogP contribution in [-0.4, -0.2) is 39.7 Å². The number of fused-ring (bicyclic) bond motifs is 1. The largest absolute Gasteiger partial charge is 0.339 e.